The number of hydrogen-bond donors (Lipinski definition) is 1. The zero-order valence-electron chi connectivity index (χ0n) is 9.43. The fourth-order valence-corrected chi connectivity index (χ4v) is 1.45. The van der Waals surface area contributed by atoms with Gasteiger partial charge in [0.1, 0.15) is 24.4 Å². The van der Waals surface area contributed by atoms with Crippen molar-refractivity contribution in [3.05, 3.63) is 59.3 Å². The molecular formula is C13H11FO4. The molecule has 0 radical (unpaired) electrons. The van der Waals surface area contributed by atoms with Crippen molar-refractivity contribution >= 4 is 5.97 Å². The van der Waals surface area contributed by atoms with Gasteiger partial charge in [-0.15, -0.1) is 0 Å². The topological polar surface area (TPSA) is 59.7 Å². The highest BCUT2D eigenvalue weighted by Gasteiger charge is 2.08. The Morgan fingerprint density at radius 1 is 1.33 bits per heavy atom. The monoisotopic (exact) mass is 250 g/mol. The van der Waals surface area contributed by atoms with Crippen LogP contribution in [0.2, 0.25) is 0 Å². The van der Waals surface area contributed by atoms with Crippen LogP contribution in [0.4, 0.5) is 4.39 Å². The van der Waals surface area contributed by atoms with Gasteiger partial charge in [0.05, 0.1) is 12.2 Å². The van der Waals surface area contributed by atoms with Crippen LogP contribution in [0.25, 0.3) is 0 Å². The summed E-state index contributed by atoms with van der Waals surface area (Å²) in [4.78, 5) is 10.6. The Morgan fingerprint density at radius 2 is 2.11 bits per heavy atom. The molecule has 0 aliphatic heterocycles. The molecule has 0 amide bonds. The van der Waals surface area contributed by atoms with Crippen LogP contribution in [-0.4, -0.2) is 11.1 Å². The molecule has 94 valence electrons. The lowest BCUT2D eigenvalue weighted by atomic mass is 10.2. The number of furan rings is 1. The molecule has 0 atom stereocenters. The van der Waals surface area contributed by atoms with Crippen LogP contribution in [0.15, 0.2) is 41.0 Å². The van der Waals surface area contributed by atoms with E-state index in [4.69, 9.17) is 14.3 Å². The minimum Gasteiger partial charge on any atom is -0.478 e. The lowest BCUT2D eigenvalue weighted by molar-refractivity contribution is 0.0696. The minimum atomic E-state index is -1.06. The van der Waals surface area contributed by atoms with Gasteiger partial charge < -0.3 is 14.3 Å². The SMILES string of the molecule is O=C(O)c1coc(COCc2ccccc2F)c1. The van der Waals surface area contributed by atoms with E-state index in [-0.39, 0.29) is 24.6 Å². The maximum atomic E-state index is 13.2. The summed E-state index contributed by atoms with van der Waals surface area (Å²) >= 11 is 0. The van der Waals surface area contributed by atoms with E-state index < -0.39 is 5.97 Å². The van der Waals surface area contributed by atoms with Crippen molar-refractivity contribution in [1.29, 1.82) is 0 Å². The number of carboxylic acids is 1. The summed E-state index contributed by atoms with van der Waals surface area (Å²) < 4.78 is 23.5. The normalized spacial score (nSPS) is 10.5. The van der Waals surface area contributed by atoms with Crippen molar-refractivity contribution in [2.75, 3.05) is 0 Å². The molecule has 0 unspecified atom stereocenters. The fourth-order valence-electron chi connectivity index (χ4n) is 1.45. The molecule has 1 aromatic heterocycles. The van der Waals surface area contributed by atoms with Crippen molar-refractivity contribution in [2.45, 2.75) is 13.2 Å². The molecule has 1 aromatic carbocycles. The van der Waals surface area contributed by atoms with Crippen molar-refractivity contribution < 1.29 is 23.4 Å². The van der Waals surface area contributed by atoms with Gasteiger partial charge in [-0.25, -0.2) is 9.18 Å². The molecule has 0 saturated heterocycles. The molecule has 2 rings (SSSR count). The second-order valence-corrected chi connectivity index (χ2v) is 3.69. The predicted molar refractivity (Wildman–Crippen MR) is 60.6 cm³/mol. The molecule has 0 fully saturated rings. The molecule has 0 aliphatic carbocycles. The van der Waals surface area contributed by atoms with Crippen molar-refractivity contribution in [1.82, 2.24) is 0 Å². The maximum Gasteiger partial charge on any atom is 0.338 e. The summed E-state index contributed by atoms with van der Waals surface area (Å²) in [5, 5.41) is 8.69. The highest BCUT2D eigenvalue weighted by atomic mass is 19.1. The Bertz CT molecular complexity index is 547. The number of halogens is 1. The van der Waals surface area contributed by atoms with Crippen LogP contribution < -0.4 is 0 Å². The first kappa shape index (κ1) is 12.3. The first-order valence-corrected chi connectivity index (χ1v) is 5.28. The second-order valence-electron chi connectivity index (χ2n) is 3.69. The smallest absolute Gasteiger partial charge is 0.338 e. The van der Waals surface area contributed by atoms with E-state index >= 15 is 0 Å². The first-order chi connectivity index (χ1) is 8.66. The third kappa shape index (κ3) is 2.95. The van der Waals surface area contributed by atoms with E-state index in [1.54, 1.807) is 18.2 Å². The van der Waals surface area contributed by atoms with Gasteiger partial charge in [0.2, 0.25) is 0 Å². The van der Waals surface area contributed by atoms with Gasteiger partial charge in [0, 0.05) is 5.56 Å². The molecule has 1 N–H and O–H groups in total. The molecule has 1 heterocycles. The van der Waals surface area contributed by atoms with E-state index in [9.17, 15) is 9.18 Å². The Hall–Kier alpha value is -2.14. The molecular weight excluding hydrogens is 239 g/mol. The second kappa shape index (κ2) is 5.46. The number of carboxylic acid groups (broad SMARTS) is 1. The van der Waals surface area contributed by atoms with Gasteiger partial charge in [0.15, 0.2) is 0 Å². The van der Waals surface area contributed by atoms with Crippen LogP contribution in [0.3, 0.4) is 0 Å². The first-order valence-electron chi connectivity index (χ1n) is 5.28. The molecule has 5 heteroatoms. The van der Waals surface area contributed by atoms with Gasteiger partial charge >= 0.3 is 5.97 Å². The third-order valence-electron chi connectivity index (χ3n) is 2.36. The average Bonchev–Trinajstić information content (AvgIpc) is 2.80. The summed E-state index contributed by atoms with van der Waals surface area (Å²) in [6, 6.07) is 7.68. The van der Waals surface area contributed by atoms with E-state index in [1.165, 1.54) is 12.1 Å². The molecule has 0 saturated carbocycles. The van der Waals surface area contributed by atoms with Crippen LogP contribution in [0, 0.1) is 5.82 Å². The van der Waals surface area contributed by atoms with Gasteiger partial charge in [-0.05, 0) is 12.1 Å². The van der Waals surface area contributed by atoms with Gasteiger partial charge in [-0.3, -0.25) is 0 Å². The van der Waals surface area contributed by atoms with Crippen LogP contribution in [-0.2, 0) is 18.0 Å². The molecule has 2 aromatic rings. The van der Waals surface area contributed by atoms with E-state index in [2.05, 4.69) is 0 Å². The summed E-state index contributed by atoms with van der Waals surface area (Å²) in [7, 11) is 0. The Kier molecular flexibility index (Phi) is 3.74. The maximum absolute atomic E-state index is 13.2. The number of rotatable bonds is 5. The van der Waals surface area contributed by atoms with Crippen LogP contribution in [0.1, 0.15) is 21.7 Å². The summed E-state index contributed by atoms with van der Waals surface area (Å²) in [5.41, 5.74) is 0.516. The van der Waals surface area contributed by atoms with Crippen molar-refractivity contribution in [3.8, 4) is 0 Å². The molecule has 0 spiro atoms. The quantitative estimate of drug-likeness (QED) is 0.886. The lowest BCUT2D eigenvalue weighted by Crippen LogP contribution is -1.96. The number of aromatic carboxylic acids is 1. The zero-order chi connectivity index (χ0) is 13.0. The van der Waals surface area contributed by atoms with Crippen molar-refractivity contribution in [3.63, 3.8) is 0 Å². The highest BCUT2D eigenvalue weighted by Crippen LogP contribution is 2.12. The molecule has 0 bridgehead atoms. The Morgan fingerprint density at radius 3 is 2.78 bits per heavy atom. The minimum absolute atomic E-state index is 0.0690. The van der Waals surface area contributed by atoms with Crippen LogP contribution in [0.5, 0.6) is 0 Å². The van der Waals surface area contributed by atoms with Crippen molar-refractivity contribution in [2.24, 2.45) is 0 Å². The number of benzene rings is 1. The van der Waals surface area contributed by atoms with Gasteiger partial charge in [0.25, 0.3) is 0 Å². The number of hydrogen-bond acceptors (Lipinski definition) is 3. The van der Waals surface area contributed by atoms with E-state index in [1.807, 2.05) is 0 Å². The summed E-state index contributed by atoms with van der Waals surface area (Å²) in [6.45, 7) is 0.206. The van der Waals surface area contributed by atoms with Gasteiger partial charge in [-0.1, -0.05) is 18.2 Å². The molecule has 18 heavy (non-hydrogen) atoms. The van der Waals surface area contributed by atoms with Gasteiger partial charge in [-0.2, -0.15) is 0 Å². The number of carbonyl (C=O) groups is 1. The number of ether oxygens (including phenoxy) is 1. The highest BCUT2D eigenvalue weighted by molar-refractivity contribution is 5.87. The lowest BCUT2D eigenvalue weighted by Gasteiger charge is -2.03. The average molecular weight is 250 g/mol. The van der Waals surface area contributed by atoms with E-state index in [0.29, 0.717) is 11.3 Å². The largest absolute Gasteiger partial charge is 0.478 e. The zero-order valence-corrected chi connectivity index (χ0v) is 9.43. The fraction of sp³-hybridized carbons (Fsp3) is 0.154. The van der Waals surface area contributed by atoms with Crippen LogP contribution >= 0.6 is 0 Å². The Balaban J connectivity index is 1.88. The summed E-state index contributed by atoms with van der Waals surface area (Å²) in [5.74, 6) is -0.994. The summed E-state index contributed by atoms with van der Waals surface area (Å²) in [6.07, 6.45) is 1.14. The van der Waals surface area contributed by atoms with E-state index in [0.717, 1.165) is 6.26 Å². The third-order valence-corrected chi connectivity index (χ3v) is 2.36. The Labute approximate surface area is 103 Å². The standard InChI is InChI=1S/C13H11FO4/c14-12-4-2-1-3-9(12)6-17-8-11-5-10(7-18-11)13(15)16/h1-5,7H,6,8H2,(H,15,16). The molecule has 0 aliphatic rings. The predicted octanol–water partition coefficient (Wildman–Crippen LogP) is 2.83. The molecule has 4 nitrogen and oxygen atoms in total.